The number of benzene rings is 2. The minimum atomic E-state index is -0.383. The summed E-state index contributed by atoms with van der Waals surface area (Å²) in [5.41, 5.74) is 2.33. The Morgan fingerprint density at radius 2 is 1.68 bits per heavy atom. The van der Waals surface area contributed by atoms with Crippen LogP contribution in [-0.2, 0) is 0 Å². The number of fused-ring (bicyclic) bond motifs is 1. The van der Waals surface area contributed by atoms with E-state index in [0.29, 0.717) is 76.0 Å². The molecule has 1 N–H and O–H groups in total. The maximum Gasteiger partial charge on any atom is 0.257 e. The molecule has 1 amide bonds. The summed E-state index contributed by atoms with van der Waals surface area (Å²) in [6.45, 7) is 8.65. The standard InChI is InChI=1S/C28H28ClN7O4/c1-5-38-22-12-18(13-23(39-6-2)25(22)40-7-3)28(37)33-24-11-17(4)34-36(24)27-21-15-32-35(26(21)30-16-31-27)20-10-8-9-19(29)14-20/h8-16H,5-7H2,1-4H3,(H,33,37). The van der Waals surface area contributed by atoms with Gasteiger partial charge in [-0.1, -0.05) is 17.7 Å². The molecule has 0 bridgehead atoms. The first-order valence-electron chi connectivity index (χ1n) is 12.8. The maximum atomic E-state index is 13.5. The van der Waals surface area contributed by atoms with Gasteiger partial charge < -0.3 is 19.5 Å². The molecular weight excluding hydrogens is 534 g/mol. The third kappa shape index (κ3) is 5.28. The minimum absolute atomic E-state index is 0.336. The van der Waals surface area contributed by atoms with Crippen LogP contribution in [0.25, 0.3) is 22.5 Å². The Morgan fingerprint density at radius 3 is 2.35 bits per heavy atom. The van der Waals surface area contributed by atoms with Crippen LogP contribution < -0.4 is 19.5 Å². The fraction of sp³-hybridized carbons (Fsp3) is 0.250. The monoisotopic (exact) mass is 561 g/mol. The van der Waals surface area contributed by atoms with Crippen molar-refractivity contribution in [3.8, 4) is 28.8 Å². The van der Waals surface area contributed by atoms with Crippen molar-refractivity contribution in [1.82, 2.24) is 29.5 Å². The van der Waals surface area contributed by atoms with Gasteiger partial charge in [-0.05, 0) is 58.0 Å². The molecule has 2 aromatic carbocycles. The number of carbonyl (C=O) groups is 1. The first-order chi connectivity index (χ1) is 19.4. The molecular formula is C28H28ClN7O4. The summed E-state index contributed by atoms with van der Waals surface area (Å²) in [6.07, 6.45) is 3.08. The molecule has 40 heavy (non-hydrogen) atoms. The van der Waals surface area contributed by atoms with E-state index < -0.39 is 0 Å². The summed E-state index contributed by atoms with van der Waals surface area (Å²) in [5, 5.41) is 13.3. The van der Waals surface area contributed by atoms with Gasteiger partial charge >= 0.3 is 0 Å². The fourth-order valence-electron chi connectivity index (χ4n) is 4.26. The molecule has 0 unspecified atom stereocenters. The van der Waals surface area contributed by atoms with E-state index in [1.165, 1.54) is 6.33 Å². The summed E-state index contributed by atoms with van der Waals surface area (Å²) in [7, 11) is 0. The number of anilines is 1. The lowest BCUT2D eigenvalue weighted by molar-refractivity contribution is 0.102. The van der Waals surface area contributed by atoms with Gasteiger partial charge in [0.1, 0.15) is 12.1 Å². The Labute approximate surface area is 235 Å². The van der Waals surface area contributed by atoms with Crippen molar-refractivity contribution in [2.45, 2.75) is 27.7 Å². The average Bonchev–Trinajstić information content (AvgIpc) is 3.53. The Kier molecular flexibility index (Phi) is 7.83. The van der Waals surface area contributed by atoms with E-state index in [0.717, 1.165) is 5.69 Å². The molecule has 0 atom stereocenters. The first-order valence-corrected chi connectivity index (χ1v) is 13.2. The summed E-state index contributed by atoms with van der Waals surface area (Å²) in [5.74, 6) is 1.81. The maximum absolute atomic E-state index is 13.5. The second kappa shape index (κ2) is 11.6. The average molecular weight is 562 g/mol. The van der Waals surface area contributed by atoms with E-state index in [2.05, 4.69) is 25.5 Å². The third-order valence-corrected chi connectivity index (χ3v) is 6.08. The molecule has 0 aliphatic carbocycles. The van der Waals surface area contributed by atoms with Crippen LogP contribution in [0.4, 0.5) is 5.82 Å². The Morgan fingerprint density at radius 1 is 0.950 bits per heavy atom. The van der Waals surface area contributed by atoms with Crippen LogP contribution in [0.5, 0.6) is 17.2 Å². The molecule has 3 aromatic heterocycles. The van der Waals surface area contributed by atoms with Crippen LogP contribution in [0.2, 0.25) is 5.02 Å². The lowest BCUT2D eigenvalue weighted by Crippen LogP contribution is -2.16. The minimum Gasteiger partial charge on any atom is -0.490 e. The molecule has 206 valence electrons. The highest BCUT2D eigenvalue weighted by atomic mass is 35.5. The van der Waals surface area contributed by atoms with Gasteiger partial charge in [0.05, 0.1) is 42.8 Å². The van der Waals surface area contributed by atoms with Gasteiger partial charge in [-0.25, -0.2) is 14.6 Å². The summed E-state index contributed by atoms with van der Waals surface area (Å²) in [4.78, 5) is 22.4. The molecule has 0 aliphatic heterocycles. The van der Waals surface area contributed by atoms with Gasteiger partial charge in [-0.2, -0.15) is 14.9 Å². The third-order valence-electron chi connectivity index (χ3n) is 5.84. The van der Waals surface area contributed by atoms with Gasteiger partial charge in [0.25, 0.3) is 5.91 Å². The van der Waals surface area contributed by atoms with Crippen molar-refractivity contribution < 1.29 is 19.0 Å². The zero-order valence-electron chi connectivity index (χ0n) is 22.5. The quantitative estimate of drug-likeness (QED) is 0.240. The number of rotatable bonds is 10. The molecule has 3 heterocycles. The molecule has 11 nitrogen and oxygen atoms in total. The van der Waals surface area contributed by atoms with Gasteiger partial charge in [0, 0.05) is 16.7 Å². The number of nitrogens with zero attached hydrogens (tertiary/aromatic N) is 6. The second-order valence-corrected chi connectivity index (χ2v) is 9.04. The van der Waals surface area contributed by atoms with Gasteiger partial charge in [-0.15, -0.1) is 0 Å². The molecule has 12 heteroatoms. The van der Waals surface area contributed by atoms with E-state index in [-0.39, 0.29) is 5.91 Å². The van der Waals surface area contributed by atoms with Crippen molar-refractivity contribution >= 4 is 34.4 Å². The predicted octanol–water partition coefficient (Wildman–Crippen LogP) is 5.41. The molecule has 0 fully saturated rings. The highest BCUT2D eigenvalue weighted by Gasteiger charge is 2.21. The number of hydrogen-bond donors (Lipinski definition) is 1. The van der Waals surface area contributed by atoms with E-state index in [1.54, 1.807) is 45.9 Å². The van der Waals surface area contributed by atoms with Crippen LogP contribution in [0.1, 0.15) is 36.8 Å². The normalized spacial score (nSPS) is 11.0. The fourth-order valence-corrected chi connectivity index (χ4v) is 4.44. The van der Waals surface area contributed by atoms with Gasteiger partial charge in [0.2, 0.25) is 5.75 Å². The number of nitrogens with one attached hydrogen (secondary N) is 1. The molecule has 0 saturated carbocycles. The van der Waals surface area contributed by atoms with Crippen LogP contribution in [0.15, 0.2) is 55.0 Å². The molecule has 0 spiro atoms. The van der Waals surface area contributed by atoms with Crippen LogP contribution in [0.3, 0.4) is 0 Å². The lowest BCUT2D eigenvalue weighted by atomic mass is 10.1. The number of halogens is 1. The van der Waals surface area contributed by atoms with Crippen LogP contribution >= 0.6 is 11.6 Å². The van der Waals surface area contributed by atoms with Crippen molar-refractivity contribution in [3.05, 3.63) is 71.3 Å². The molecule has 5 aromatic rings. The highest BCUT2D eigenvalue weighted by molar-refractivity contribution is 6.30. The lowest BCUT2D eigenvalue weighted by Gasteiger charge is -2.17. The van der Waals surface area contributed by atoms with Crippen molar-refractivity contribution in [1.29, 1.82) is 0 Å². The summed E-state index contributed by atoms with van der Waals surface area (Å²) >= 11 is 6.19. The zero-order chi connectivity index (χ0) is 28.2. The molecule has 0 aliphatic rings. The van der Waals surface area contributed by atoms with E-state index in [4.69, 9.17) is 25.8 Å². The summed E-state index contributed by atoms with van der Waals surface area (Å²) < 4.78 is 20.5. The molecule has 0 saturated heterocycles. The SMILES string of the molecule is CCOc1cc(C(=O)Nc2cc(C)nn2-c2ncnc3c2cnn3-c2cccc(Cl)c2)cc(OCC)c1OCC. The van der Waals surface area contributed by atoms with Gasteiger partial charge in [0.15, 0.2) is 23.0 Å². The number of ether oxygens (including phenoxy) is 3. The smallest absolute Gasteiger partial charge is 0.257 e. The Bertz CT molecular complexity index is 1650. The highest BCUT2D eigenvalue weighted by Crippen LogP contribution is 2.39. The molecule has 0 radical (unpaired) electrons. The van der Waals surface area contributed by atoms with Crippen LogP contribution in [-0.4, -0.2) is 55.3 Å². The first kappa shape index (κ1) is 26.9. The van der Waals surface area contributed by atoms with Crippen molar-refractivity contribution in [2.75, 3.05) is 25.1 Å². The van der Waals surface area contributed by atoms with E-state index in [1.807, 2.05) is 39.8 Å². The number of amides is 1. The van der Waals surface area contributed by atoms with E-state index in [9.17, 15) is 4.79 Å². The van der Waals surface area contributed by atoms with Crippen molar-refractivity contribution in [2.24, 2.45) is 0 Å². The number of aryl methyl sites for hydroxylation is 1. The number of carbonyl (C=O) groups excluding carboxylic acids is 1. The topological polar surface area (TPSA) is 118 Å². The van der Waals surface area contributed by atoms with E-state index >= 15 is 0 Å². The largest absolute Gasteiger partial charge is 0.490 e. The van der Waals surface area contributed by atoms with Crippen molar-refractivity contribution in [3.63, 3.8) is 0 Å². The number of hydrogen-bond acceptors (Lipinski definition) is 8. The van der Waals surface area contributed by atoms with Crippen LogP contribution in [0, 0.1) is 6.92 Å². The number of aromatic nitrogens is 6. The van der Waals surface area contributed by atoms with Gasteiger partial charge in [-0.3, -0.25) is 4.79 Å². The Balaban J connectivity index is 1.53. The Hall–Kier alpha value is -4.64. The zero-order valence-corrected chi connectivity index (χ0v) is 23.3. The summed E-state index contributed by atoms with van der Waals surface area (Å²) in [6, 6.07) is 12.3. The molecule has 5 rings (SSSR count). The predicted molar refractivity (Wildman–Crippen MR) is 151 cm³/mol. The second-order valence-electron chi connectivity index (χ2n) is 8.61.